The maximum Gasteiger partial charge on any atom is 0.271 e. The van der Waals surface area contributed by atoms with Crippen LogP contribution in [-0.4, -0.2) is 32.7 Å². The van der Waals surface area contributed by atoms with Crippen LogP contribution in [0.2, 0.25) is 0 Å². The molecule has 2 aromatic heterocycles. The lowest BCUT2D eigenvalue weighted by atomic mass is 10.1. The van der Waals surface area contributed by atoms with Crippen LogP contribution in [0.15, 0.2) is 54.7 Å². The Kier molecular flexibility index (Phi) is 6.31. The molecule has 0 atom stereocenters. The number of aryl methyl sites for hydroxylation is 2. The Morgan fingerprint density at radius 2 is 1.79 bits per heavy atom. The van der Waals surface area contributed by atoms with Gasteiger partial charge in [-0.3, -0.25) is 14.3 Å². The highest BCUT2D eigenvalue weighted by Gasteiger charge is 2.20. The summed E-state index contributed by atoms with van der Waals surface area (Å²) >= 11 is 0. The van der Waals surface area contributed by atoms with Crippen LogP contribution >= 0.6 is 0 Å². The molecule has 0 aliphatic rings. The second-order valence-corrected chi connectivity index (χ2v) is 8.25. The van der Waals surface area contributed by atoms with E-state index in [1.54, 1.807) is 7.05 Å². The molecule has 2 amide bonds. The van der Waals surface area contributed by atoms with Gasteiger partial charge in [-0.05, 0) is 49.6 Å². The third-order valence-electron chi connectivity index (χ3n) is 6.02. The number of hydrogen-bond donors (Lipinski definition) is 2. The lowest BCUT2D eigenvalue weighted by Gasteiger charge is -2.10. The molecule has 0 saturated heterocycles. The van der Waals surface area contributed by atoms with E-state index in [9.17, 15) is 9.59 Å². The van der Waals surface area contributed by atoms with Gasteiger partial charge in [0.2, 0.25) is 0 Å². The minimum Gasteiger partial charge on any atom is -0.351 e. The fourth-order valence-corrected chi connectivity index (χ4v) is 4.08. The molecule has 2 N–H and O–H groups in total. The number of benzene rings is 2. The maximum absolute atomic E-state index is 13.1. The molecule has 4 aromatic rings. The van der Waals surface area contributed by atoms with Gasteiger partial charge in [0.1, 0.15) is 5.69 Å². The Bertz CT molecular complexity index is 1320. The molecule has 4 rings (SSSR count). The molecule has 0 radical (unpaired) electrons. The van der Waals surface area contributed by atoms with E-state index in [4.69, 9.17) is 0 Å². The third-order valence-corrected chi connectivity index (χ3v) is 6.02. The number of anilines is 1. The summed E-state index contributed by atoms with van der Waals surface area (Å²) in [6.45, 7) is 7.51. The van der Waals surface area contributed by atoms with E-state index in [0.29, 0.717) is 23.5 Å². The molecule has 0 bridgehead atoms. The van der Waals surface area contributed by atoms with Gasteiger partial charge >= 0.3 is 0 Å². The number of rotatable bonds is 7. The highest BCUT2D eigenvalue weighted by Crippen LogP contribution is 2.28. The van der Waals surface area contributed by atoms with Crippen LogP contribution in [0, 0.1) is 13.8 Å². The van der Waals surface area contributed by atoms with Gasteiger partial charge in [-0.25, -0.2) is 0 Å². The zero-order valence-electron chi connectivity index (χ0n) is 19.5. The summed E-state index contributed by atoms with van der Waals surface area (Å²) in [5, 5.41) is 10.9. The molecule has 0 aliphatic carbocycles. The SMILES string of the molecule is CCCNC(=O)c1c(NC(=O)c2ccc3c(c2)c(C)c(C)n3Cc2ccccc2)cnn1C. The highest BCUT2D eigenvalue weighted by molar-refractivity contribution is 6.09. The Hall–Kier alpha value is -3.87. The Morgan fingerprint density at radius 3 is 2.52 bits per heavy atom. The molecular weight excluding hydrogens is 414 g/mol. The van der Waals surface area contributed by atoms with E-state index in [-0.39, 0.29) is 11.8 Å². The zero-order chi connectivity index (χ0) is 23.5. The van der Waals surface area contributed by atoms with Crippen LogP contribution in [0.5, 0.6) is 0 Å². The van der Waals surface area contributed by atoms with Gasteiger partial charge in [0.15, 0.2) is 0 Å². The quantitative estimate of drug-likeness (QED) is 0.443. The summed E-state index contributed by atoms with van der Waals surface area (Å²) in [7, 11) is 1.68. The van der Waals surface area contributed by atoms with Gasteiger partial charge < -0.3 is 15.2 Å². The highest BCUT2D eigenvalue weighted by atomic mass is 16.2. The molecule has 0 aliphatic heterocycles. The molecule has 0 spiro atoms. The van der Waals surface area contributed by atoms with Crippen LogP contribution < -0.4 is 10.6 Å². The van der Waals surface area contributed by atoms with Crippen molar-refractivity contribution in [2.24, 2.45) is 7.05 Å². The molecule has 0 unspecified atom stereocenters. The number of hydrogen-bond acceptors (Lipinski definition) is 3. The van der Waals surface area contributed by atoms with Gasteiger partial charge in [-0.1, -0.05) is 37.3 Å². The largest absolute Gasteiger partial charge is 0.351 e. The number of aromatic nitrogens is 3. The molecule has 33 heavy (non-hydrogen) atoms. The Balaban J connectivity index is 1.62. The second-order valence-electron chi connectivity index (χ2n) is 8.25. The first-order valence-corrected chi connectivity index (χ1v) is 11.2. The van der Waals surface area contributed by atoms with Crippen LogP contribution in [0.3, 0.4) is 0 Å². The van der Waals surface area contributed by atoms with Gasteiger partial charge in [-0.2, -0.15) is 5.10 Å². The first kappa shape index (κ1) is 22.3. The van der Waals surface area contributed by atoms with Crippen molar-refractivity contribution >= 4 is 28.4 Å². The van der Waals surface area contributed by atoms with Crippen molar-refractivity contribution in [3.63, 3.8) is 0 Å². The Morgan fingerprint density at radius 1 is 1.03 bits per heavy atom. The van der Waals surface area contributed by atoms with E-state index < -0.39 is 0 Å². The van der Waals surface area contributed by atoms with Gasteiger partial charge in [0, 0.05) is 42.3 Å². The van der Waals surface area contributed by atoms with Crippen molar-refractivity contribution in [1.82, 2.24) is 19.7 Å². The van der Waals surface area contributed by atoms with E-state index in [1.807, 2.05) is 43.3 Å². The van der Waals surface area contributed by atoms with Crippen molar-refractivity contribution in [2.45, 2.75) is 33.7 Å². The molecule has 0 fully saturated rings. The predicted octanol–water partition coefficient (Wildman–Crippen LogP) is 4.43. The molecule has 7 nitrogen and oxygen atoms in total. The fraction of sp³-hybridized carbons (Fsp3) is 0.269. The lowest BCUT2D eigenvalue weighted by molar-refractivity contribution is 0.0945. The van der Waals surface area contributed by atoms with Crippen molar-refractivity contribution in [3.05, 3.63) is 82.8 Å². The molecule has 0 saturated carbocycles. The summed E-state index contributed by atoms with van der Waals surface area (Å²) < 4.78 is 3.75. The smallest absolute Gasteiger partial charge is 0.271 e. The van der Waals surface area contributed by atoms with Gasteiger partial charge in [-0.15, -0.1) is 0 Å². The molecule has 170 valence electrons. The number of nitrogens with zero attached hydrogens (tertiary/aromatic N) is 3. The fourth-order valence-electron chi connectivity index (χ4n) is 4.08. The lowest BCUT2D eigenvalue weighted by Crippen LogP contribution is -2.27. The van der Waals surface area contributed by atoms with Crippen molar-refractivity contribution in [1.29, 1.82) is 0 Å². The molecule has 7 heteroatoms. The average Bonchev–Trinajstić information content (AvgIpc) is 3.30. The topological polar surface area (TPSA) is 81.0 Å². The second kappa shape index (κ2) is 9.32. The van der Waals surface area contributed by atoms with Crippen LogP contribution in [0.1, 0.15) is 51.0 Å². The molecule has 2 aromatic carbocycles. The standard InChI is InChI=1S/C26H29N5O2/c1-5-13-27-26(33)24-22(15-28-30(24)4)29-25(32)20-11-12-23-21(14-20)17(2)18(3)31(23)16-19-9-7-6-8-10-19/h6-12,14-15H,5,13,16H2,1-4H3,(H,27,33)(H,29,32). The third kappa shape index (κ3) is 4.39. The minimum atomic E-state index is -0.276. The Labute approximate surface area is 193 Å². The first-order chi connectivity index (χ1) is 15.9. The summed E-state index contributed by atoms with van der Waals surface area (Å²) in [4.78, 5) is 25.6. The predicted molar refractivity (Wildman–Crippen MR) is 131 cm³/mol. The summed E-state index contributed by atoms with van der Waals surface area (Å²) in [6, 6.07) is 16.1. The number of fused-ring (bicyclic) bond motifs is 1. The van der Waals surface area contributed by atoms with Crippen LogP contribution in [0.4, 0.5) is 5.69 Å². The van der Waals surface area contributed by atoms with E-state index >= 15 is 0 Å². The van der Waals surface area contributed by atoms with Crippen LogP contribution in [-0.2, 0) is 13.6 Å². The van der Waals surface area contributed by atoms with Crippen molar-refractivity contribution in [3.8, 4) is 0 Å². The van der Waals surface area contributed by atoms with Gasteiger partial charge in [0.05, 0.1) is 11.9 Å². The zero-order valence-corrected chi connectivity index (χ0v) is 19.5. The molecule has 2 heterocycles. The van der Waals surface area contributed by atoms with Crippen molar-refractivity contribution in [2.75, 3.05) is 11.9 Å². The van der Waals surface area contributed by atoms with E-state index in [1.165, 1.54) is 22.1 Å². The summed E-state index contributed by atoms with van der Waals surface area (Å²) in [5.74, 6) is -0.533. The summed E-state index contributed by atoms with van der Waals surface area (Å²) in [6.07, 6.45) is 2.33. The number of nitrogens with one attached hydrogen (secondary N) is 2. The average molecular weight is 444 g/mol. The van der Waals surface area contributed by atoms with E-state index in [0.717, 1.165) is 29.4 Å². The van der Waals surface area contributed by atoms with E-state index in [2.05, 4.69) is 46.3 Å². The monoisotopic (exact) mass is 443 g/mol. The van der Waals surface area contributed by atoms with Crippen LogP contribution in [0.25, 0.3) is 10.9 Å². The minimum absolute atomic E-state index is 0.257. The van der Waals surface area contributed by atoms with Gasteiger partial charge in [0.25, 0.3) is 11.8 Å². The molecular formula is C26H29N5O2. The number of carbonyl (C=O) groups is 2. The maximum atomic E-state index is 13.1. The number of carbonyl (C=O) groups excluding carboxylic acids is 2. The first-order valence-electron chi connectivity index (χ1n) is 11.2. The normalized spacial score (nSPS) is 11.0. The summed E-state index contributed by atoms with van der Waals surface area (Å²) in [5.41, 5.74) is 5.90. The van der Waals surface area contributed by atoms with Crippen molar-refractivity contribution < 1.29 is 9.59 Å². The number of amides is 2.